The lowest BCUT2D eigenvalue weighted by Gasteiger charge is -2.15. The van der Waals surface area contributed by atoms with Crippen molar-refractivity contribution < 1.29 is 13.7 Å². The van der Waals surface area contributed by atoms with E-state index in [2.05, 4.69) is 5.16 Å². The summed E-state index contributed by atoms with van der Waals surface area (Å²) in [5.74, 6) is -0.622. The molecule has 0 saturated heterocycles. The number of rotatable bonds is 4. The smallest absolute Gasteiger partial charge is 0.292 e. The fraction of sp³-hybridized carbons (Fsp3) is 0.111. The number of aromatic nitrogens is 1. The zero-order chi connectivity index (χ0) is 16.2. The van der Waals surface area contributed by atoms with Gasteiger partial charge in [-0.2, -0.15) is 0 Å². The summed E-state index contributed by atoms with van der Waals surface area (Å²) in [4.78, 5) is 13.9. The van der Waals surface area contributed by atoms with Gasteiger partial charge in [0, 0.05) is 25.2 Å². The monoisotopic (exact) mass is 310 g/mol. The Bertz CT molecular complexity index is 815. The fourth-order valence-corrected chi connectivity index (χ4v) is 2.29. The van der Waals surface area contributed by atoms with Gasteiger partial charge >= 0.3 is 0 Å². The summed E-state index contributed by atoms with van der Waals surface area (Å²) in [6.07, 6.45) is 0. The third-order valence-electron chi connectivity index (χ3n) is 3.48. The lowest BCUT2D eigenvalue weighted by Crippen LogP contribution is -2.25. The summed E-state index contributed by atoms with van der Waals surface area (Å²) < 4.78 is 18.8. The second kappa shape index (κ2) is 6.44. The Hall–Kier alpha value is -2.95. The molecular formula is C18H15FN2O2. The molecule has 0 saturated carbocycles. The van der Waals surface area contributed by atoms with Crippen LogP contribution < -0.4 is 0 Å². The Morgan fingerprint density at radius 3 is 2.57 bits per heavy atom. The van der Waals surface area contributed by atoms with E-state index >= 15 is 0 Å². The molecule has 0 unspecified atom stereocenters. The first kappa shape index (κ1) is 15.0. The summed E-state index contributed by atoms with van der Waals surface area (Å²) in [6, 6.07) is 17.3. The zero-order valence-corrected chi connectivity index (χ0v) is 12.6. The Labute approximate surface area is 133 Å². The highest BCUT2D eigenvalue weighted by atomic mass is 19.1. The second-order valence-corrected chi connectivity index (χ2v) is 5.20. The van der Waals surface area contributed by atoms with E-state index in [1.165, 1.54) is 17.0 Å². The highest BCUT2D eigenvalue weighted by Crippen LogP contribution is 2.22. The fourth-order valence-electron chi connectivity index (χ4n) is 2.29. The first-order valence-electron chi connectivity index (χ1n) is 7.16. The summed E-state index contributed by atoms with van der Waals surface area (Å²) in [5.41, 5.74) is 1.62. The zero-order valence-electron chi connectivity index (χ0n) is 12.6. The van der Waals surface area contributed by atoms with Crippen LogP contribution in [0.4, 0.5) is 4.39 Å². The Morgan fingerprint density at radius 1 is 1.13 bits per heavy atom. The highest BCUT2D eigenvalue weighted by Gasteiger charge is 2.19. The minimum absolute atomic E-state index is 0.0849. The van der Waals surface area contributed by atoms with Crippen molar-refractivity contribution in [3.05, 3.63) is 77.8 Å². The molecule has 0 aliphatic carbocycles. The largest absolute Gasteiger partial charge is 0.350 e. The van der Waals surface area contributed by atoms with Crippen molar-refractivity contribution in [2.45, 2.75) is 6.54 Å². The average molecular weight is 310 g/mol. The van der Waals surface area contributed by atoms with Crippen LogP contribution in [0, 0.1) is 5.82 Å². The SMILES string of the molecule is CN(Cc1ccccc1)C(=O)c1cc(-c2ccccc2F)no1. The number of hydrogen-bond acceptors (Lipinski definition) is 3. The third kappa shape index (κ3) is 3.29. The van der Waals surface area contributed by atoms with E-state index in [0.29, 0.717) is 17.8 Å². The molecule has 0 aliphatic rings. The van der Waals surface area contributed by atoms with Crippen molar-refractivity contribution in [1.29, 1.82) is 0 Å². The average Bonchev–Trinajstić information content (AvgIpc) is 3.05. The van der Waals surface area contributed by atoms with Crippen LogP contribution in [-0.2, 0) is 6.54 Å². The molecule has 0 N–H and O–H groups in total. The maximum atomic E-state index is 13.8. The van der Waals surface area contributed by atoms with Gasteiger partial charge in [-0.15, -0.1) is 0 Å². The summed E-state index contributed by atoms with van der Waals surface area (Å²) >= 11 is 0. The van der Waals surface area contributed by atoms with Crippen LogP contribution in [0.5, 0.6) is 0 Å². The number of amides is 1. The molecule has 1 aromatic heterocycles. The molecule has 5 heteroatoms. The molecule has 0 radical (unpaired) electrons. The van der Waals surface area contributed by atoms with Gasteiger partial charge in [-0.25, -0.2) is 4.39 Å². The molecular weight excluding hydrogens is 295 g/mol. The van der Waals surface area contributed by atoms with E-state index in [0.717, 1.165) is 5.56 Å². The van der Waals surface area contributed by atoms with Crippen LogP contribution in [0.3, 0.4) is 0 Å². The first-order chi connectivity index (χ1) is 11.1. The molecule has 0 aliphatic heterocycles. The Balaban J connectivity index is 1.77. The lowest BCUT2D eigenvalue weighted by molar-refractivity contribution is 0.0743. The van der Waals surface area contributed by atoms with Gasteiger partial charge < -0.3 is 9.42 Å². The van der Waals surface area contributed by atoms with Crippen molar-refractivity contribution in [2.24, 2.45) is 0 Å². The second-order valence-electron chi connectivity index (χ2n) is 5.20. The minimum atomic E-state index is -0.405. The van der Waals surface area contributed by atoms with Gasteiger partial charge in [0.15, 0.2) is 0 Å². The van der Waals surface area contributed by atoms with Crippen LogP contribution in [0.2, 0.25) is 0 Å². The number of nitrogens with zero attached hydrogens (tertiary/aromatic N) is 2. The molecule has 0 fully saturated rings. The number of hydrogen-bond donors (Lipinski definition) is 0. The number of carbonyl (C=O) groups excluding carboxylic acids is 1. The van der Waals surface area contributed by atoms with Crippen LogP contribution in [0.25, 0.3) is 11.3 Å². The first-order valence-corrected chi connectivity index (χ1v) is 7.16. The van der Waals surface area contributed by atoms with Crippen LogP contribution in [0.15, 0.2) is 65.2 Å². The van der Waals surface area contributed by atoms with Gasteiger partial charge in [-0.3, -0.25) is 4.79 Å². The molecule has 1 heterocycles. The third-order valence-corrected chi connectivity index (χ3v) is 3.48. The van der Waals surface area contributed by atoms with Crippen molar-refractivity contribution in [2.75, 3.05) is 7.05 Å². The number of benzene rings is 2. The Kier molecular flexibility index (Phi) is 4.19. The maximum Gasteiger partial charge on any atom is 0.292 e. The van der Waals surface area contributed by atoms with E-state index in [1.54, 1.807) is 25.2 Å². The van der Waals surface area contributed by atoms with Gasteiger partial charge in [0.25, 0.3) is 5.91 Å². The van der Waals surface area contributed by atoms with Crippen LogP contribution in [0.1, 0.15) is 16.1 Å². The van der Waals surface area contributed by atoms with Gasteiger partial charge in [0.1, 0.15) is 11.5 Å². The van der Waals surface area contributed by atoms with Crippen molar-refractivity contribution >= 4 is 5.91 Å². The minimum Gasteiger partial charge on any atom is -0.350 e. The lowest BCUT2D eigenvalue weighted by atomic mass is 10.1. The van der Waals surface area contributed by atoms with Gasteiger partial charge in [-0.05, 0) is 17.7 Å². The maximum absolute atomic E-state index is 13.8. The van der Waals surface area contributed by atoms with E-state index in [4.69, 9.17) is 4.52 Å². The molecule has 1 amide bonds. The molecule has 2 aromatic carbocycles. The van der Waals surface area contributed by atoms with Crippen molar-refractivity contribution in [3.8, 4) is 11.3 Å². The van der Waals surface area contributed by atoms with E-state index in [1.807, 2.05) is 30.3 Å². The van der Waals surface area contributed by atoms with E-state index in [9.17, 15) is 9.18 Å². The molecule has 23 heavy (non-hydrogen) atoms. The van der Waals surface area contributed by atoms with Crippen molar-refractivity contribution in [1.82, 2.24) is 10.1 Å². The molecule has 4 nitrogen and oxygen atoms in total. The molecule has 3 rings (SSSR count). The Morgan fingerprint density at radius 2 is 1.83 bits per heavy atom. The van der Waals surface area contributed by atoms with E-state index in [-0.39, 0.29) is 11.7 Å². The van der Waals surface area contributed by atoms with Crippen LogP contribution in [-0.4, -0.2) is 23.0 Å². The predicted molar refractivity (Wildman–Crippen MR) is 84.1 cm³/mol. The van der Waals surface area contributed by atoms with Gasteiger partial charge in [0.2, 0.25) is 5.76 Å². The quantitative estimate of drug-likeness (QED) is 0.737. The number of carbonyl (C=O) groups is 1. The number of halogens is 1. The van der Waals surface area contributed by atoms with E-state index < -0.39 is 5.82 Å². The van der Waals surface area contributed by atoms with Crippen molar-refractivity contribution in [3.63, 3.8) is 0 Å². The summed E-state index contributed by atoms with van der Waals surface area (Å²) in [6.45, 7) is 0.454. The molecule has 0 atom stereocenters. The van der Waals surface area contributed by atoms with Gasteiger partial charge in [0.05, 0.1) is 0 Å². The summed E-state index contributed by atoms with van der Waals surface area (Å²) in [5, 5.41) is 3.80. The standard InChI is InChI=1S/C18H15FN2O2/c1-21(12-13-7-3-2-4-8-13)18(22)17-11-16(20-23-17)14-9-5-6-10-15(14)19/h2-11H,12H2,1H3. The van der Waals surface area contributed by atoms with Crippen LogP contribution >= 0.6 is 0 Å². The molecule has 3 aromatic rings. The normalized spacial score (nSPS) is 10.5. The summed E-state index contributed by atoms with van der Waals surface area (Å²) in [7, 11) is 1.68. The topological polar surface area (TPSA) is 46.3 Å². The molecule has 116 valence electrons. The predicted octanol–water partition coefficient (Wildman–Crippen LogP) is 3.75. The molecule has 0 bridgehead atoms. The van der Waals surface area contributed by atoms with Gasteiger partial charge in [-0.1, -0.05) is 47.6 Å². The highest BCUT2D eigenvalue weighted by molar-refractivity contribution is 5.92. The molecule has 0 spiro atoms.